The van der Waals surface area contributed by atoms with Gasteiger partial charge < -0.3 is 56.9 Å². The summed E-state index contributed by atoms with van der Waals surface area (Å²) in [5.41, 5.74) is 0. The molecule has 0 aliphatic heterocycles. The van der Waals surface area contributed by atoms with Crippen molar-refractivity contribution in [1.82, 2.24) is 0 Å². The van der Waals surface area contributed by atoms with Gasteiger partial charge in [-0.2, -0.15) is 0 Å². The SMILES string of the molecule is CCC(CC)[N+](C)(C)CCCCC[N+](C)(C)C(CC)CC.[I-].[I-]. The summed E-state index contributed by atoms with van der Waals surface area (Å²) in [5, 5.41) is 0. The molecule has 0 saturated heterocycles. The van der Waals surface area contributed by atoms with E-state index in [4.69, 9.17) is 0 Å². The number of rotatable bonds is 12. The molecule has 0 atom stereocenters. The van der Waals surface area contributed by atoms with E-state index in [0.717, 1.165) is 12.1 Å². The third-order valence-electron chi connectivity index (χ3n) is 5.83. The average Bonchev–Trinajstić information content (AvgIpc) is 2.40. The molecule has 2 nitrogen and oxygen atoms in total. The molecule has 0 amide bonds. The molecule has 0 radical (unpaired) electrons. The van der Waals surface area contributed by atoms with Crippen LogP contribution in [0.5, 0.6) is 0 Å². The van der Waals surface area contributed by atoms with Crippen LogP contribution < -0.4 is 48.0 Å². The summed E-state index contributed by atoms with van der Waals surface area (Å²) in [6.07, 6.45) is 9.39. The van der Waals surface area contributed by atoms with Crippen molar-refractivity contribution in [2.45, 2.75) is 84.7 Å². The van der Waals surface area contributed by atoms with Gasteiger partial charge >= 0.3 is 0 Å². The van der Waals surface area contributed by atoms with Gasteiger partial charge in [-0.05, 0) is 44.9 Å². The topological polar surface area (TPSA) is 0 Å². The quantitative estimate of drug-likeness (QED) is 0.160. The van der Waals surface area contributed by atoms with E-state index >= 15 is 0 Å². The molecule has 23 heavy (non-hydrogen) atoms. The van der Waals surface area contributed by atoms with Crippen molar-refractivity contribution in [3.63, 3.8) is 0 Å². The van der Waals surface area contributed by atoms with Crippen molar-refractivity contribution in [3.05, 3.63) is 0 Å². The highest BCUT2D eigenvalue weighted by Crippen LogP contribution is 2.18. The van der Waals surface area contributed by atoms with E-state index in [0.29, 0.717) is 0 Å². The minimum Gasteiger partial charge on any atom is -1.00 e. The van der Waals surface area contributed by atoms with Gasteiger partial charge in [-0.3, -0.25) is 0 Å². The van der Waals surface area contributed by atoms with Crippen LogP contribution in [-0.2, 0) is 0 Å². The van der Waals surface area contributed by atoms with Gasteiger partial charge in [0.25, 0.3) is 0 Å². The van der Waals surface area contributed by atoms with Crippen LogP contribution in [0, 0.1) is 0 Å². The third kappa shape index (κ3) is 10.9. The molecule has 0 N–H and O–H groups in total. The molecule has 0 spiro atoms. The Balaban J connectivity index is -0.00000200. The zero-order valence-corrected chi connectivity index (χ0v) is 21.5. The summed E-state index contributed by atoms with van der Waals surface area (Å²) in [4.78, 5) is 0. The Hall–Kier alpha value is 1.38. The number of hydrogen-bond donors (Lipinski definition) is 0. The zero-order valence-electron chi connectivity index (χ0n) is 17.2. The summed E-state index contributed by atoms with van der Waals surface area (Å²) in [7, 11) is 9.67. The van der Waals surface area contributed by atoms with Crippen molar-refractivity contribution in [3.8, 4) is 0 Å². The fourth-order valence-electron chi connectivity index (χ4n) is 4.13. The fourth-order valence-corrected chi connectivity index (χ4v) is 4.13. The largest absolute Gasteiger partial charge is 1.00 e. The molecule has 0 rings (SSSR count). The Labute approximate surface area is 182 Å². The van der Waals surface area contributed by atoms with E-state index in [1.165, 1.54) is 67.0 Å². The monoisotopic (exact) mass is 554 g/mol. The number of unbranched alkanes of at least 4 members (excludes halogenated alkanes) is 2. The lowest BCUT2D eigenvalue weighted by atomic mass is 10.1. The lowest BCUT2D eigenvalue weighted by molar-refractivity contribution is -0.917. The van der Waals surface area contributed by atoms with Crippen LogP contribution in [0.4, 0.5) is 0 Å². The van der Waals surface area contributed by atoms with Crippen LogP contribution in [0.2, 0.25) is 0 Å². The van der Waals surface area contributed by atoms with Crippen molar-refractivity contribution in [1.29, 1.82) is 0 Å². The predicted octanol–water partition coefficient (Wildman–Crippen LogP) is -1.31. The molecule has 0 fully saturated rings. The molecule has 0 aliphatic rings. The van der Waals surface area contributed by atoms with Crippen molar-refractivity contribution in [2.24, 2.45) is 0 Å². The summed E-state index contributed by atoms with van der Waals surface area (Å²) < 4.78 is 2.41. The maximum absolute atomic E-state index is 2.42. The highest BCUT2D eigenvalue weighted by atomic mass is 127. The van der Waals surface area contributed by atoms with Crippen LogP contribution in [0.1, 0.15) is 72.6 Å². The van der Waals surface area contributed by atoms with Gasteiger partial charge in [0, 0.05) is 0 Å². The Kier molecular flexibility index (Phi) is 18.4. The van der Waals surface area contributed by atoms with Gasteiger partial charge in [0.1, 0.15) is 0 Å². The third-order valence-corrected chi connectivity index (χ3v) is 5.83. The Bertz CT molecular complexity index is 234. The number of halogens is 2. The molecule has 144 valence electrons. The standard InChI is InChI=1S/C19H44N2.2HI/c1-9-18(10-2)20(5,6)16-14-13-15-17-21(7,8)19(11-3)12-4;;/h18-19H,9-17H2,1-8H3;2*1H/q+2;;/p-2. The van der Waals surface area contributed by atoms with Gasteiger partial charge in [0.05, 0.1) is 53.4 Å². The summed E-state index contributed by atoms with van der Waals surface area (Å²) in [6.45, 7) is 12.0. The van der Waals surface area contributed by atoms with Crippen LogP contribution in [-0.4, -0.2) is 62.3 Å². The average molecular weight is 554 g/mol. The molecule has 0 aromatic heterocycles. The Morgan fingerprint density at radius 2 is 0.783 bits per heavy atom. The van der Waals surface area contributed by atoms with Crippen LogP contribution in [0.15, 0.2) is 0 Å². The maximum atomic E-state index is 2.42. The van der Waals surface area contributed by atoms with Crippen LogP contribution >= 0.6 is 0 Å². The van der Waals surface area contributed by atoms with Crippen molar-refractivity contribution < 1.29 is 56.9 Å². The molecular weight excluding hydrogens is 510 g/mol. The van der Waals surface area contributed by atoms with E-state index in [9.17, 15) is 0 Å². The van der Waals surface area contributed by atoms with E-state index in [2.05, 4.69) is 55.9 Å². The van der Waals surface area contributed by atoms with Gasteiger partial charge in [0.2, 0.25) is 0 Å². The minimum absolute atomic E-state index is 0. The van der Waals surface area contributed by atoms with Crippen LogP contribution in [0.3, 0.4) is 0 Å². The second-order valence-electron chi connectivity index (χ2n) is 8.01. The van der Waals surface area contributed by atoms with E-state index in [1.54, 1.807) is 0 Å². The lowest BCUT2D eigenvalue weighted by Crippen LogP contribution is -3.00. The van der Waals surface area contributed by atoms with Gasteiger partial charge in [0.15, 0.2) is 0 Å². The maximum Gasteiger partial charge on any atom is 0.0880 e. The number of quaternary nitrogens is 2. The molecule has 4 heteroatoms. The first-order chi connectivity index (χ1) is 9.75. The molecule has 0 aromatic rings. The molecule has 0 saturated carbocycles. The minimum atomic E-state index is 0. The Morgan fingerprint density at radius 3 is 1.00 bits per heavy atom. The number of nitrogens with zero attached hydrogens (tertiary/aromatic N) is 2. The van der Waals surface area contributed by atoms with E-state index in [-0.39, 0.29) is 48.0 Å². The molecule has 0 aliphatic carbocycles. The summed E-state index contributed by atoms with van der Waals surface area (Å²) in [6, 6.07) is 1.67. The highest BCUT2D eigenvalue weighted by molar-refractivity contribution is 4.55. The van der Waals surface area contributed by atoms with Gasteiger partial charge in [-0.1, -0.05) is 27.7 Å². The first-order valence-electron chi connectivity index (χ1n) is 9.40. The van der Waals surface area contributed by atoms with Crippen LogP contribution in [0.25, 0.3) is 0 Å². The lowest BCUT2D eigenvalue weighted by Gasteiger charge is -2.38. The second kappa shape index (κ2) is 14.5. The van der Waals surface area contributed by atoms with Gasteiger partial charge in [-0.15, -0.1) is 0 Å². The van der Waals surface area contributed by atoms with E-state index < -0.39 is 0 Å². The summed E-state index contributed by atoms with van der Waals surface area (Å²) in [5.74, 6) is 0. The van der Waals surface area contributed by atoms with Gasteiger partial charge in [-0.25, -0.2) is 0 Å². The van der Waals surface area contributed by atoms with Crippen molar-refractivity contribution in [2.75, 3.05) is 41.3 Å². The first-order valence-corrected chi connectivity index (χ1v) is 9.40. The number of hydrogen-bond acceptors (Lipinski definition) is 0. The second-order valence-corrected chi connectivity index (χ2v) is 8.01. The molecular formula is C19H44I2N2. The fraction of sp³-hybridized carbons (Fsp3) is 1.00. The highest BCUT2D eigenvalue weighted by Gasteiger charge is 2.26. The Morgan fingerprint density at radius 1 is 0.522 bits per heavy atom. The van der Waals surface area contributed by atoms with Crippen molar-refractivity contribution >= 4 is 0 Å². The smallest absolute Gasteiger partial charge is 0.0880 e. The zero-order chi connectivity index (χ0) is 16.5. The molecule has 0 unspecified atom stereocenters. The molecule has 0 aromatic carbocycles. The predicted molar refractivity (Wildman–Crippen MR) is 96.5 cm³/mol. The molecule has 0 bridgehead atoms. The summed E-state index contributed by atoms with van der Waals surface area (Å²) >= 11 is 0. The first kappa shape index (κ1) is 29.2. The normalized spacial score (nSPS) is 12.3. The van der Waals surface area contributed by atoms with E-state index in [1.807, 2.05) is 0 Å². The molecule has 0 heterocycles.